The molecule has 1 nitrogen and oxygen atoms in total. The second-order valence-corrected chi connectivity index (χ2v) is 4.49. The molecule has 0 aliphatic rings. The predicted molar refractivity (Wildman–Crippen MR) is 59.9 cm³/mol. The van der Waals surface area contributed by atoms with Crippen LogP contribution in [0, 0.1) is 5.82 Å². The number of ketones is 1. The maximum atomic E-state index is 12.8. The molecule has 0 fully saturated rings. The predicted octanol–water partition coefficient (Wildman–Crippen LogP) is 3.62. The first-order valence-corrected chi connectivity index (χ1v) is 5.93. The summed E-state index contributed by atoms with van der Waals surface area (Å²) in [7, 11) is 0. The van der Waals surface area contributed by atoms with Crippen LogP contribution >= 0.6 is 27.3 Å². The van der Waals surface area contributed by atoms with E-state index in [1.165, 1.54) is 23.5 Å². The van der Waals surface area contributed by atoms with Crippen molar-refractivity contribution in [1.82, 2.24) is 0 Å². The number of carbonyl (C=O) groups is 1. The summed E-state index contributed by atoms with van der Waals surface area (Å²) in [5.74, 6) is -0.233. The highest BCUT2D eigenvalue weighted by Gasteiger charge is 2.08. The number of fused-ring (bicyclic) bond motifs is 1. The van der Waals surface area contributed by atoms with Gasteiger partial charge in [-0.05, 0) is 23.6 Å². The fourth-order valence-electron chi connectivity index (χ4n) is 1.21. The molecule has 0 N–H and O–H groups in total. The Kier molecular flexibility index (Phi) is 2.65. The number of benzene rings is 1. The van der Waals surface area contributed by atoms with E-state index >= 15 is 0 Å². The van der Waals surface area contributed by atoms with Gasteiger partial charge in [0.25, 0.3) is 0 Å². The first-order valence-electron chi connectivity index (χ1n) is 3.99. The Morgan fingerprint density at radius 2 is 2.21 bits per heavy atom. The number of hydrogen-bond acceptors (Lipinski definition) is 2. The first-order chi connectivity index (χ1) is 6.70. The van der Waals surface area contributed by atoms with Gasteiger partial charge in [-0.1, -0.05) is 22.0 Å². The van der Waals surface area contributed by atoms with Crippen molar-refractivity contribution in [3.05, 3.63) is 35.0 Å². The lowest BCUT2D eigenvalue weighted by atomic mass is 10.2. The normalized spacial score (nSPS) is 10.7. The van der Waals surface area contributed by atoms with Crippen molar-refractivity contribution in [3.8, 4) is 0 Å². The second-order valence-electron chi connectivity index (χ2n) is 2.85. The van der Waals surface area contributed by atoms with E-state index in [2.05, 4.69) is 15.9 Å². The number of halogens is 2. The number of rotatable bonds is 2. The monoisotopic (exact) mass is 272 g/mol. The van der Waals surface area contributed by atoms with E-state index in [9.17, 15) is 9.18 Å². The molecule has 14 heavy (non-hydrogen) atoms. The van der Waals surface area contributed by atoms with Gasteiger partial charge in [-0.2, -0.15) is 0 Å². The van der Waals surface area contributed by atoms with Crippen molar-refractivity contribution in [2.75, 3.05) is 5.33 Å². The van der Waals surface area contributed by atoms with E-state index in [-0.39, 0.29) is 11.6 Å². The van der Waals surface area contributed by atoms with Crippen LogP contribution in [0.25, 0.3) is 10.1 Å². The molecule has 0 saturated carbocycles. The minimum absolute atomic E-state index is 0.0339. The highest BCUT2D eigenvalue weighted by Crippen LogP contribution is 2.26. The lowest BCUT2D eigenvalue weighted by molar-refractivity contribution is 0.102. The first kappa shape index (κ1) is 9.80. The summed E-state index contributed by atoms with van der Waals surface area (Å²) in [4.78, 5) is 12.0. The molecule has 0 bridgehead atoms. The fourth-order valence-corrected chi connectivity index (χ4v) is 2.72. The molecule has 2 rings (SSSR count). The summed E-state index contributed by atoms with van der Waals surface area (Å²) < 4.78 is 13.7. The average molecular weight is 273 g/mol. The Morgan fingerprint density at radius 3 is 2.93 bits per heavy atom. The Labute approximate surface area is 92.7 Å². The summed E-state index contributed by atoms with van der Waals surface area (Å²) in [6.45, 7) is 0. The number of thiophene rings is 1. The van der Waals surface area contributed by atoms with E-state index in [0.29, 0.717) is 10.2 Å². The molecular formula is C10H6BrFOS. The van der Waals surface area contributed by atoms with Gasteiger partial charge in [0.2, 0.25) is 0 Å². The van der Waals surface area contributed by atoms with E-state index in [0.717, 1.165) is 10.1 Å². The summed E-state index contributed by atoms with van der Waals surface area (Å²) in [6.07, 6.45) is 0. The number of hydrogen-bond donors (Lipinski definition) is 0. The van der Waals surface area contributed by atoms with Gasteiger partial charge in [0.1, 0.15) is 5.82 Å². The highest BCUT2D eigenvalue weighted by atomic mass is 79.9. The molecule has 0 saturated heterocycles. The summed E-state index contributed by atoms with van der Waals surface area (Å²) in [6, 6.07) is 6.33. The Bertz CT molecular complexity index is 492. The van der Waals surface area contributed by atoms with Crippen LogP contribution in [0.3, 0.4) is 0 Å². The lowest BCUT2D eigenvalue weighted by Gasteiger charge is -1.86. The van der Waals surface area contributed by atoms with Crippen LogP contribution in [0.1, 0.15) is 9.67 Å². The maximum absolute atomic E-state index is 12.8. The van der Waals surface area contributed by atoms with Gasteiger partial charge in [0.15, 0.2) is 5.78 Å². The zero-order valence-corrected chi connectivity index (χ0v) is 9.49. The van der Waals surface area contributed by atoms with Crippen LogP contribution in [0.15, 0.2) is 24.3 Å². The third kappa shape index (κ3) is 1.72. The fraction of sp³-hybridized carbons (Fsp3) is 0.100. The molecule has 0 aliphatic carbocycles. The van der Waals surface area contributed by atoms with Crippen molar-refractivity contribution in [2.45, 2.75) is 0 Å². The van der Waals surface area contributed by atoms with Gasteiger partial charge >= 0.3 is 0 Å². The molecule has 4 heteroatoms. The van der Waals surface area contributed by atoms with Crippen LogP contribution in [0.2, 0.25) is 0 Å². The SMILES string of the molecule is O=C(CBr)c1cc2ccc(F)cc2s1. The van der Waals surface area contributed by atoms with E-state index < -0.39 is 0 Å². The molecule has 1 aromatic heterocycles. The third-order valence-corrected chi connectivity index (χ3v) is 3.53. The van der Waals surface area contributed by atoms with Crippen molar-refractivity contribution in [3.63, 3.8) is 0 Å². The highest BCUT2D eigenvalue weighted by molar-refractivity contribution is 9.09. The summed E-state index contributed by atoms with van der Waals surface area (Å²) in [5.41, 5.74) is 0. The minimum atomic E-state index is -0.266. The van der Waals surface area contributed by atoms with Crippen LogP contribution in [-0.4, -0.2) is 11.1 Å². The molecule has 1 heterocycles. The number of alkyl halides is 1. The Morgan fingerprint density at radius 1 is 1.43 bits per heavy atom. The third-order valence-electron chi connectivity index (χ3n) is 1.88. The summed E-state index contributed by atoms with van der Waals surface area (Å²) in [5, 5.41) is 1.23. The average Bonchev–Trinajstić information content (AvgIpc) is 2.59. The van der Waals surface area contributed by atoms with Crippen molar-refractivity contribution in [1.29, 1.82) is 0 Å². The zero-order valence-electron chi connectivity index (χ0n) is 7.09. The van der Waals surface area contributed by atoms with Crippen LogP contribution in [0.5, 0.6) is 0 Å². The quantitative estimate of drug-likeness (QED) is 0.603. The van der Waals surface area contributed by atoms with Gasteiger partial charge in [0.05, 0.1) is 10.2 Å². The Balaban J connectivity index is 2.56. The van der Waals surface area contributed by atoms with Crippen molar-refractivity contribution >= 4 is 43.1 Å². The van der Waals surface area contributed by atoms with E-state index in [1.807, 2.05) is 0 Å². The minimum Gasteiger partial charge on any atom is -0.292 e. The molecular weight excluding hydrogens is 267 g/mol. The topological polar surface area (TPSA) is 17.1 Å². The van der Waals surface area contributed by atoms with Gasteiger partial charge < -0.3 is 0 Å². The van der Waals surface area contributed by atoms with Crippen molar-refractivity contribution < 1.29 is 9.18 Å². The van der Waals surface area contributed by atoms with Gasteiger partial charge in [0, 0.05) is 4.70 Å². The molecule has 0 radical (unpaired) electrons. The van der Waals surface area contributed by atoms with Gasteiger partial charge in [-0.3, -0.25) is 4.79 Å². The number of carbonyl (C=O) groups excluding carboxylic acids is 1. The largest absolute Gasteiger partial charge is 0.292 e. The molecule has 0 unspecified atom stereocenters. The van der Waals surface area contributed by atoms with Crippen molar-refractivity contribution in [2.24, 2.45) is 0 Å². The standard InChI is InChI=1S/C10H6BrFOS/c11-5-8(13)10-3-6-1-2-7(12)4-9(6)14-10/h1-4H,5H2. The molecule has 0 aliphatic heterocycles. The van der Waals surface area contributed by atoms with E-state index in [1.54, 1.807) is 12.1 Å². The molecule has 72 valence electrons. The molecule has 0 spiro atoms. The molecule has 0 amide bonds. The van der Waals surface area contributed by atoms with Crippen LogP contribution < -0.4 is 0 Å². The smallest absolute Gasteiger partial charge is 0.183 e. The molecule has 1 aromatic carbocycles. The molecule has 2 aromatic rings. The maximum Gasteiger partial charge on any atom is 0.183 e. The zero-order chi connectivity index (χ0) is 10.1. The lowest BCUT2D eigenvalue weighted by Crippen LogP contribution is -1.94. The van der Waals surface area contributed by atoms with Gasteiger partial charge in [-0.25, -0.2) is 4.39 Å². The summed E-state index contributed by atoms with van der Waals surface area (Å²) >= 11 is 4.43. The van der Waals surface area contributed by atoms with Crippen LogP contribution in [0.4, 0.5) is 4.39 Å². The second kappa shape index (κ2) is 3.79. The van der Waals surface area contributed by atoms with Crippen LogP contribution in [-0.2, 0) is 0 Å². The Hall–Kier alpha value is -0.740. The number of Topliss-reactive ketones (excluding diaryl/α,β-unsaturated/α-hetero) is 1. The van der Waals surface area contributed by atoms with E-state index in [4.69, 9.17) is 0 Å². The van der Waals surface area contributed by atoms with Gasteiger partial charge in [-0.15, -0.1) is 11.3 Å². The molecule has 0 atom stereocenters.